The molecule has 0 spiro atoms. The van der Waals surface area contributed by atoms with Gasteiger partial charge in [-0.15, -0.1) is 0 Å². The lowest BCUT2D eigenvalue weighted by atomic mass is 10.3. The summed E-state index contributed by atoms with van der Waals surface area (Å²) in [7, 11) is 0. The van der Waals surface area contributed by atoms with Crippen molar-refractivity contribution >= 4 is 11.7 Å². The molecule has 4 nitrogen and oxygen atoms in total. The molecule has 0 atom stereocenters. The van der Waals surface area contributed by atoms with Gasteiger partial charge in [0, 0.05) is 12.1 Å². The van der Waals surface area contributed by atoms with Crippen molar-refractivity contribution in [1.82, 2.24) is 4.98 Å². The Morgan fingerprint density at radius 1 is 1.57 bits per heavy atom. The molecule has 1 fully saturated rings. The van der Waals surface area contributed by atoms with Gasteiger partial charge in [0.2, 0.25) is 5.91 Å². The molecule has 1 saturated carbocycles. The van der Waals surface area contributed by atoms with Gasteiger partial charge in [-0.2, -0.15) is 0 Å². The van der Waals surface area contributed by atoms with E-state index in [-0.39, 0.29) is 18.4 Å². The molecule has 74 valence electrons. The molecule has 1 aromatic heterocycles. The minimum atomic E-state index is -0.0240. The number of amides is 1. The number of aromatic nitrogens is 1. The summed E-state index contributed by atoms with van der Waals surface area (Å²) in [5, 5.41) is 11.5. The van der Waals surface area contributed by atoms with Crippen molar-refractivity contribution in [2.45, 2.75) is 19.4 Å². The van der Waals surface area contributed by atoms with Crippen LogP contribution in [0.3, 0.4) is 0 Å². The lowest BCUT2D eigenvalue weighted by Crippen LogP contribution is -2.14. The first kappa shape index (κ1) is 9.15. The number of carbonyl (C=O) groups excluding carboxylic acids is 1. The highest BCUT2D eigenvalue weighted by atomic mass is 16.3. The second-order valence-corrected chi connectivity index (χ2v) is 3.47. The number of aliphatic hydroxyl groups excluding tert-OH is 1. The molecule has 0 saturated heterocycles. The third kappa shape index (κ3) is 2.09. The number of anilines is 1. The molecule has 2 rings (SSSR count). The molecule has 0 aliphatic heterocycles. The standard InChI is InChI=1S/C10H12N2O2/c13-6-7-1-4-9(11-5-7)12-10(14)8-2-3-8/h1,4-5,8,13H,2-3,6H2,(H,11,12,14). The van der Waals surface area contributed by atoms with Crippen LogP contribution < -0.4 is 5.32 Å². The summed E-state index contributed by atoms with van der Waals surface area (Å²) < 4.78 is 0. The number of carbonyl (C=O) groups is 1. The first-order valence-corrected chi connectivity index (χ1v) is 4.66. The van der Waals surface area contributed by atoms with Gasteiger partial charge in [-0.1, -0.05) is 6.07 Å². The maximum absolute atomic E-state index is 11.3. The van der Waals surface area contributed by atoms with Crippen LogP contribution in [0.4, 0.5) is 5.82 Å². The van der Waals surface area contributed by atoms with E-state index in [1.807, 2.05) is 0 Å². The number of hydrogen-bond acceptors (Lipinski definition) is 3. The molecular formula is C10H12N2O2. The molecule has 1 aliphatic carbocycles. The number of nitrogens with one attached hydrogen (secondary N) is 1. The molecule has 1 heterocycles. The van der Waals surface area contributed by atoms with Gasteiger partial charge in [-0.05, 0) is 24.5 Å². The monoisotopic (exact) mass is 192 g/mol. The summed E-state index contributed by atoms with van der Waals surface area (Å²) in [5.41, 5.74) is 0.745. The van der Waals surface area contributed by atoms with E-state index in [9.17, 15) is 4.79 Å². The third-order valence-corrected chi connectivity index (χ3v) is 2.21. The van der Waals surface area contributed by atoms with E-state index in [2.05, 4.69) is 10.3 Å². The maximum Gasteiger partial charge on any atom is 0.228 e. The topological polar surface area (TPSA) is 62.2 Å². The Hall–Kier alpha value is -1.42. The number of aliphatic hydroxyl groups is 1. The van der Waals surface area contributed by atoms with E-state index in [4.69, 9.17) is 5.11 Å². The van der Waals surface area contributed by atoms with Crippen LogP contribution in [-0.4, -0.2) is 16.0 Å². The van der Waals surface area contributed by atoms with Crippen LogP contribution in [0.15, 0.2) is 18.3 Å². The second kappa shape index (κ2) is 3.75. The van der Waals surface area contributed by atoms with Crippen molar-refractivity contribution < 1.29 is 9.90 Å². The Morgan fingerprint density at radius 2 is 2.36 bits per heavy atom. The van der Waals surface area contributed by atoms with Crippen LogP contribution in [0.5, 0.6) is 0 Å². The number of nitrogens with zero attached hydrogens (tertiary/aromatic N) is 1. The van der Waals surface area contributed by atoms with Crippen molar-refractivity contribution in [1.29, 1.82) is 0 Å². The van der Waals surface area contributed by atoms with Gasteiger partial charge in [-0.3, -0.25) is 4.79 Å². The van der Waals surface area contributed by atoms with Gasteiger partial charge in [0.15, 0.2) is 0 Å². The fourth-order valence-electron chi connectivity index (χ4n) is 1.17. The first-order chi connectivity index (χ1) is 6.79. The maximum atomic E-state index is 11.3. The molecule has 1 aliphatic rings. The molecule has 0 unspecified atom stereocenters. The summed E-state index contributed by atoms with van der Waals surface area (Å²) >= 11 is 0. The Bertz CT molecular complexity index is 330. The molecule has 0 bridgehead atoms. The van der Waals surface area contributed by atoms with Gasteiger partial charge in [0.05, 0.1) is 6.61 Å². The minimum Gasteiger partial charge on any atom is -0.392 e. The average Bonchev–Trinajstić information content (AvgIpc) is 3.02. The van der Waals surface area contributed by atoms with E-state index in [0.717, 1.165) is 18.4 Å². The van der Waals surface area contributed by atoms with Crippen LogP contribution in [0.1, 0.15) is 18.4 Å². The Balaban J connectivity index is 1.98. The largest absolute Gasteiger partial charge is 0.392 e. The summed E-state index contributed by atoms with van der Waals surface area (Å²) in [4.78, 5) is 15.3. The molecular weight excluding hydrogens is 180 g/mol. The van der Waals surface area contributed by atoms with Crippen molar-refractivity contribution in [3.63, 3.8) is 0 Å². The lowest BCUT2D eigenvalue weighted by Gasteiger charge is -2.03. The smallest absolute Gasteiger partial charge is 0.228 e. The van der Waals surface area contributed by atoms with Gasteiger partial charge in [0.1, 0.15) is 5.82 Å². The molecule has 0 radical (unpaired) electrons. The van der Waals surface area contributed by atoms with E-state index < -0.39 is 0 Å². The summed E-state index contributed by atoms with van der Waals surface area (Å²) in [6.07, 6.45) is 3.53. The zero-order valence-electron chi connectivity index (χ0n) is 7.73. The third-order valence-electron chi connectivity index (χ3n) is 2.21. The summed E-state index contributed by atoms with van der Waals surface area (Å²) in [5.74, 6) is 0.794. The van der Waals surface area contributed by atoms with Crippen LogP contribution in [-0.2, 0) is 11.4 Å². The van der Waals surface area contributed by atoms with Crippen molar-refractivity contribution in [2.75, 3.05) is 5.32 Å². The molecule has 4 heteroatoms. The first-order valence-electron chi connectivity index (χ1n) is 4.66. The summed E-state index contributed by atoms with van der Waals surface area (Å²) in [6, 6.07) is 3.45. The van der Waals surface area contributed by atoms with E-state index >= 15 is 0 Å². The minimum absolute atomic E-state index is 0.0240. The van der Waals surface area contributed by atoms with Crippen LogP contribution in [0, 0.1) is 5.92 Å². The zero-order chi connectivity index (χ0) is 9.97. The Morgan fingerprint density at radius 3 is 2.86 bits per heavy atom. The highest BCUT2D eigenvalue weighted by molar-refractivity contribution is 5.93. The van der Waals surface area contributed by atoms with Gasteiger partial charge in [-0.25, -0.2) is 4.98 Å². The Labute approximate surface area is 82.0 Å². The van der Waals surface area contributed by atoms with E-state index in [0.29, 0.717) is 5.82 Å². The fourth-order valence-corrected chi connectivity index (χ4v) is 1.17. The summed E-state index contributed by atoms with van der Waals surface area (Å²) in [6.45, 7) is -0.0240. The number of pyridine rings is 1. The van der Waals surface area contributed by atoms with Gasteiger partial charge < -0.3 is 10.4 Å². The lowest BCUT2D eigenvalue weighted by molar-refractivity contribution is -0.117. The number of hydrogen-bond donors (Lipinski definition) is 2. The van der Waals surface area contributed by atoms with Crippen molar-refractivity contribution in [3.8, 4) is 0 Å². The average molecular weight is 192 g/mol. The molecule has 2 N–H and O–H groups in total. The van der Waals surface area contributed by atoms with Crippen molar-refractivity contribution in [3.05, 3.63) is 23.9 Å². The predicted molar refractivity (Wildman–Crippen MR) is 51.5 cm³/mol. The fraction of sp³-hybridized carbons (Fsp3) is 0.400. The molecule has 1 amide bonds. The SMILES string of the molecule is O=C(Nc1ccc(CO)cn1)C1CC1. The Kier molecular flexibility index (Phi) is 2.45. The van der Waals surface area contributed by atoms with Gasteiger partial charge >= 0.3 is 0 Å². The predicted octanol–water partition coefficient (Wildman–Crippen LogP) is 0.922. The zero-order valence-corrected chi connectivity index (χ0v) is 7.73. The molecule has 14 heavy (non-hydrogen) atoms. The highest BCUT2D eigenvalue weighted by Crippen LogP contribution is 2.29. The molecule has 0 aromatic carbocycles. The van der Waals surface area contributed by atoms with E-state index in [1.165, 1.54) is 0 Å². The van der Waals surface area contributed by atoms with E-state index in [1.54, 1.807) is 18.3 Å². The number of rotatable bonds is 3. The van der Waals surface area contributed by atoms with Crippen LogP contribution in [0.2, 0.25) is 0 Å². The second-order valence-electron chi connectivity index (χ2n) is 3.47. The van der Waals surface area contributed by atoms with Crippen LogP contribution in [0.25, 0.3) is 0 Å². The normalized spacial score (nSPS) is 15.2. The highest BCUT2D eigenvalue weighted by Gasteiger charge is 2.29. The van der Waals surface area contributed by atoms with Gasteiger partial charge in [0.25, 0.3) is 0 Å². The van der Waals surface area contributed by atoms with Crippen molar-refractivity contribution in [2.24, 2.45) is 5.92 Å². The quantitative estimate of drug-likeness (QED) is 0.748. The van der Waals surface area contributed by atoms with Crippen LogP contribution >= 0.6 is 0 Å². The molecule has 1 aromatic rings.